The molecule has 18 heavy (non-hydrogen) atoms. The maximum Gasteiger partial charge on any atom is 0.240 e. The molecule has 0 aromatic carbocycles. The molecule has 1 fully saturated rings. The Bertz CT molecular complexity index is 326. The van der Waals surface area contributed by atoms with E-state index in [2.05, 4.69) is 24.5 Å². The Morgan fingerprint density at radius 2 is 2.00 bits per heavy atom. The molecule has 0 bridgehead atoms. The zero-order valence-electron chi connectivity index (χ0n) is 11.7. The number of rotatable bonds is 4. The number of hydrogen-bond acceptors (Lipinski definition) is 3. The number of carbonyl (C=O) groups excluding carboxylic acids is 2. The van der Waals surface area contributed by atoms with E-state index in [1.807, 2.05) is 13.8 Å². The molecule has 4 N–H and O–H groups in total. The van der Waals surface area contributed by atoms with Crippen molar-refractivity contribution in [1.82, 2.24) is 10.6 Å². The highest BCUT2D eigenvalue weighted by Gasteiger charge is 2.38. The minimum absolute atomic E-state index is 0.00171. The van der Waals surface area contributed by atoms with Crippen LogP contribution in [0.1, 0.15) is 40.5 Å². The van der Waals surface area contributed by atoms with Gasteiger partial charge in [0.1, 0.15) is 6.04 Å². The molecule has 0 aliphatic carbocycles. The lowest BCUT2D eigenvalue weighted by atomic mass is 9.77. The lowest BCUT2D eigenvalue weighted by Gasteiger charge is -2.39. The fraction of sp³-hybridized carbons (Fsp3) is 0.846. The molecule has 5 nitrogen and oxygen atoms in total. The van der Waals surface area contributed by atoms with Gasteiger partial charge in [0, 0.05) is 0 Å². The largest absolute Gasteiger partial charge is 0.368 e. The molecule has 104 valence electrons. The van der Waals surface area contributed by atoms with Gasteiger partial charge in [0.25, 0.3) is 0 Å². The van der Waals surface area contributed by atoms with Crippen LogP contribution in [0.3, 0.4) is 0 Å². The van der Waals surface area contributed by atoms with Crippen LogP contribution in [-0.2, 0) is 9.59 Å². The molecule has 1 aliphatic rings. The van der Waals surface area contributed by atoms with Crippen LogP contribution in [0.4, 0.5) is 0 Å². The van der Waals surface area contributed by atoms with Gasteiger partial charge in [-0.25, -0.2) is 0 Å². The fourth-order valence-electron chi connectivity index (χ4n) is 2.46. The van der Waals surface area contributed by atoms with Crippen molar-refractivity contribution in [3.8, 4) is 0 Å². The van der Waals surface area contributed by atoms with Crippen molar-refractivity contribution in [1.29, 1.82) is 0 Å². The van der Waals surface area contributed by atoms with Gasteiger partial charge in [0.05, 0.1) is 6.04 Å². The van der Waals surface area contributed by atoms with E-state index >= 15 is 0 Å². The van der Waals surface area contributed by atoms with Crippen molar-refractivity contribution < 1.29 is 9.59 Å². The van der Waals surface area contributed by atoms with Gasteiger partial charge >= 0.3 is 0 Å². The van der Waals surface area contributed by atoms with Crippen LogP contribution in [0.25, 0.3) is 0 Å². The zero-order chi connectivity index (χ0) is 13.9. The van der Waals surface area contributed by atoms with Crippen LogP contribution in [0.2, 0.25) is 0 Å². The van der Waals surface area contributed by atoms with Gasteiger partial charge in [-0.05, 0) is 30.7 Å². The molecule has 0 aromatic rings. The van der Waals surface area contributed by atoms with Gasteiger partial charge in [0.15, 0.2) is 0 Å². The van der Waals surface area contributed by atoms with E-state index in [1.54, 1.807) is 0 Å². The number of piperidine rings is 1. The second-order valence-corrected chi connectivity index (χ2v) is 6.11. The highest BCUT2D eigenvalue weighted by molar-refractivity contribution is 5.89. The molecule has 2 amide bonds. The average Bonchev–Trinajstić information content (AvgIpc) is 2.23. The Kier molecular flexibility index (Phi) is 4.73. The summed E-state index contributed by atoms with van der Waals surface area (Å²) in [5.74, 6) is -0.609. The zero-order valence-corrected chi connectivity index (χ0v) is 11.7. The van der Waals surface area contributed by atoms with Crippen molar-refractivity contribution >= 4 is 11.8 Å². The standard InChI is InChI=1S/C13H25N3O2/c1-8(2)9(11(14)17)16-12(18)10-13(3,4)6-5-7-15-10/h8-10,15H,5-7H2,1-4H3,(H2,14,17)(H,16,18). The predicted octanol–water partition coefficient (Wildman–Crippen LogP) is 0.391. The monoisotopic (exact) mass is 255 g/mol. The first-order valence-corrected chi connectivity index (χ1v) is 6.59. The number of primary amides is 1. The summed E-state index contributed by atoms with van der Waals surface area (Å²) in [4.78, 5) is 23.6. The lowest BCUT2D eigenvalue weighted by molar-refractivity contribution is -0.132. The molecule has 5 heteroatoms. The van der Waals surface area contributed by atoms with Crippen LogP contribution < -0.4 is 16.4 Å². The molecular formula is C13H25N3O2. The normalized spacial score (nSPS) is 24.6. The number of carbonyl (C=O) groups is 2. The molecule has 0 saturated carbocycles. The first kappa shape index (κ1) is 15.0. The molecular weight excluding hydrogens is 230 g/mol. The summed E-state index contributed by atoms with van der Waals surface area (Å²) in [6, 6.07) is -0.858. The summed E-state index contributed by atoms with van der Waals surface area (Å²) >= 11 is 0. The van der Waals surface area contributed by atoms with Crippen LogP contribution in [-0.4, -0.2) is 30.4 Å². The van der Waals surface area contributed by atoms with E-state index in [1.165, 1.54) is 0 Å². The maximum atomic E-state index is 12.3. The van der Waals surface area contributed by atoms with E-state index in [0.29, 0.717) is 0 Å². The lowest BCUT2D eigenvalue weighted by Crippen LogP contribution is -2.59. The number of nitrogens with two attached hydrogens (primary N) is 1. The second-order valence-electron chi connectivity index (χ2n) is 6.11. The Labute approximate surface area is 109 Å². The molecule has 1 rings (SSSR count). The van der Waals surface area contributed by atoms with Gasteiger partial charge in [-0.15, -0.1) is 0 Å². The van der Waals surface area contributed by atoms with Crippen molar-refractivity contribution in [2.75, 3.05) is 6.54 Å². The third-order valence-corrected chi connectivity index (χ3v) is 3.66. The topological polar surface area (TPSA) is 84.2 Å². The quantitative estimate of drug-likeness (QED) is 0.679. The second kappa shape index (κ2) is 5.69. The minimum Gasteiger partial charge on any atom is -0.368 e. The fourth-order valence-corrected chi connectivity index (χ4v) is 2.46. The Morgan fingerprint density at radius 1 is 1.39 bits per heavy atom. The van der Waals surface area contributed by atoms with Gasteiger partial charge in [-0.3, -0.25) is 9.59 Å². The Morgan fingerprint density at radius 3 is 2.44 bits per heavy atom. The van der Waals surface area contributed by atoms with E-state index in [9.17, 15) is 9.59 Å². The molecule has 2 unspecified atom stereocenters. The van der Waals surface area contributed by atoms with Crippen molar-refractivity contribution in [2.24, 2.45) is 17.1 Å². The molecule has 2 atom stereocenters. The maximum absolute atomic E-state index is 12.3. The van der Waals surface area contributed by atoms with Crippen molar-refractivity contribution in [3.05, 3.63) is 0 Å². The Hall–Kier alpha value is -1.10. The average molecular weight is 255 g/mol. The number of nitrogens with one attached hydrogen (secondary N) is 2. The summed E-state index contributed by atoms with van der Waals surface area (Å²) in [5, 5.41) is 5.99. The Balaban J connectivity index is 2.71. The van der Waals surface area contributed by atoms with Gasteiger partial charge in [-0.2, -0.15) is 0 Å². The SMILES string of the molecule is CC(C)C(NC(=O)C1NCCCC1(C)C)C(N)=O. The molecule has 1 aliphatic heterocycles. The third-order valence-electron chi connectivity index (χ3n) is 3.66. The van der Waals surface area contributed by atoms with E-state index in [0.717, 1.165) is 19.4 Å². The predicted molar refractivity (Wildman–Crippen MR) is 70.8 cm³/mol. The first-order chi connectivity index (χ1) is 8.25. The summed E-state index contributed by atoms with van der Waals surface area (Å²) in [5.41, 5.74) is 5.21. The smallest absolute Gasteiger partial charge is 0.240 e. The molecule has 0 spiro atoms. The van der Waals surface area contributed by atoms with Crippen LogP contribution in [0.5, 0.6) is 0 Å². The highest BCUT2D eigenvalue weighted by atomic mass is 16.2. The summed E-state index contributed by atoms with van der Waals surface area (Å²) in [6.45, 7) is 8.71. The molecule has 1 heterocycles. The van der Waals surface area contributed by atoms with Gasteiger partial charge in [0.2, 0.25) is 11.8 Å². The van der Waals surface area contributed by atoms with Crippen LogP contribution >= 0.6 is 0 Å². The van der Waals surface area contributed by atoms with E-state index in [4.69, 9.17) is 5.73 Å². The number of amides is 2. The summed E-state index contributed by atoms with van der Waals surface area (Å²) < 4.78 is 0. The molecule has 0 aromatic heterocycles. The van der Waals surface area contributed by atoms with Crippen LogP contribution in [0.15, 0.2) is 0 Å². The van der Waals surface area contributed by atoms with Crippen molar-refractivity contribution in [3.63, 3.8) is 0 Å². The van der Waals surface area contributed by atoms with Crippen molar-refractivity contribution in [2.45, 2.75) is 52.6 Å². The first-order valence-electron chi connectivity index (χ1n) is 6.59. The van der Waals surface area contributed by atoms with Gasteiger partial charge < -0.3 is 16.4 Å². The highest BCUT2D eigenvalue weighted by Crippen LogP contribution is 2.30. The summed E-state index contributed by atoms with van der Waals surface area (Å²) in [7, 11) is 0. The third kappa shape index (κ3) is 3.45. The molecule has 0 radical (unpaired) electrons. The van der Waals surface area contributed by atoms with Gasteiger partial charge in [-0.1, -0.05) is 27.7 Å². The minimum atomic E-state index is -0.600. The number of hydrogen-bond donors (Lipinski definition) is 3. The molecule has 1 saturated heterocycles. The van der Waals surface area contributed by atoms with E-state index < -0.39 is 11.9 Å². The summed E-state index contributed by atoms with van der Waals surface area (Å²) in [6.07, 6.45) is 2.07. The van der Waals surface area contributed by atoms with E-state index in [-0.39, 0.29) is 23.3 Å². The van der Waals surface area contributed by atoms with Crippen LogP contribution in [0, 0.1) is 11.3 Å².